The molecule has 3 rings (SSSR count). The van der Waals surface area contributed by atoms with Gasteiger partial charge in [0.05, 0.1) is 17.6 Å². The molecule has 0 spiro atoms. The first-order valence-corrected chi connectivity index (χ1v) is 8.27. The van der Waals surface area contributed by atoms with Crippen molar-refractivity contribution in [3.05, 3.63) is 47.6 Å². The number of aromatic nitrogens is 2. The molecule has 0 radical (unpaired) electrons. The van der Waals surface area contributed by atoms with Crippen LogP contribution < -0.4 is 5.32 Å². The van der Waals surface area contributed by atoms with Crippen LogP contribution in [0.3, 0.4) is 0 Å². The van der Waals surface area contributed by atoms with Gasteiger partial charge in [-0.2, -0.15) is 4.98 Å². The summed E-state index contributed by atoms with van der Waals surface area (Å²) in [6.45, 7) is 5.92. The van der Waals surface area contributed by atoms with Gasteiger partial charge in [-0.3, -0.25) is 4.79 Å². The maximum atomic E-state index is 11.4. The third-order valence-corrected chi connectivity index (χ3v) is 4.26. The van der Waals surface area contributed by atoms with E-state index in [4.69, 9.17) is 9.26 Å². The highest BCUT2D eigenvalue weighted by molar-refractivity contribution is 5.73. The monoisotopic (exact) mass is 329 g/mol. The molecule has 6 nitrogen and oxygen atoms in total. The average Bonchev–Trinajstić information content (AvgIpc) is 3.05. The molecule has 1 N–H and O–H groups in total. The van der Waals surface area contributed by atoms with Crippen molar-refractivity contribution < 1.29 is 14.1 Å². The van der Waals surface area contributed by atoms with Crippen LogP contribution in [0.25, 0.3) is 0 Å². The van der Waals surface area contributed by atoms with Gasteiger partial charge in [-0.15, -0.1) is 0 Å². The Labute approximate surface area is 141 Å². The third kappa shape index (κ3) is 3.48. The lowest BCUT2D eigenvalue weighted by Gasteiger charge is -2.29. The Hall–Kier alpha value is -2.21. The number of rotatable bonds is 4. The fourth-order valence-electron chi connectivity index (χ4n) is 3.14. The van der Waals surface area contributed by atoms with E-state index in [1.165, 1.54) is 6.92 Å². The quantitative estimate of drug-likeness (QED) is 0.933. The van der Waals surface area contributed by atoms with Crippen molar-refractivity contribution in [3.63, 3.8) is 0 Å². The first-order valence-electron chi connectivity index (χ1n) is 8.27. The Kier molecular flexibility index (Phi) is 4.66. The summed E-state index contributed by atoms with van der Waals surface area (Å²) in [6, 6.07) is 10.1. The van der Waals surface area contributed by atoms with Crippen LogP contribution >= 0.6 is 0 Å². The number of benzene rings is 1. The highest BCUT2D eigenvalue weighted by Gasteiger charge is 2.35. The van der Waals surface area contributed by atoms with Crippen LogP contribution in [0, 0.1) is 0 Å². The van der Waals surface area contributed by atoms with Crippen LogP contribution in [0.1, 0.15) is 62.9 Å². The van der Waals surface area contributed by atoms with Crippen molar-refractivity contribution in [2.24, 2.45) is 0 Å². The van der Waals surface area contributed by atoms with E-state index in [2.05, 4.69) is 27.6 Å². The summed E-state index contributed by atoms with van der Waals surface area (Å²) in [6.07, 6.45) is 1.81. The minimum atomic E-state index is -0.675. The van der Waals surface area contributed by atoms with Crippen molar-refractivity contribution >= 4 is 5.91 Å². The molecule has 1 fully saturated rings. The van der Waals surface area contributed by atoms with Crippen LogP contribution in [-0.2, 0) is 15.1 Å². The summed E-state index contributed by atoms with van der Waals surface area (Å²) in [7, 11) is 0. The number of hydrogen-bond donors (Lipinski definition) is 1. The number of ether oxygens (including phenoxy) is 1. The molecule has 1 aromatic carbocycles. The predicted molar refractivity (Wildman–Crippen MR) is 88.3 cm³/mol. The van der Waals surface area contributed by atoms with Crippen molar-refractivity contribution in [1.29, 1.82) is 0 Å². The lowest BCUT2D eigenvalue weighted by Crippen LogP contribution is -2.40. The second kappa shape index (κ2) is 6.73. The van der Waals surface area contributed by atoms with Crippen molar-refractivity contribution in [1.82, 2.24) is 15.5 Å². The molecule has 0 saturated carbocycles. The van der Waals surface area contributed by atoms with Gasteiger partial charge in [0.2, 0.25) is 11.8 Å². The summed E-state index contributed by atoms with van der Waals surface area (Å²) < 4.78 is 11.5. The van der Waals surface area contributed by atoms with Crippen LogP contribution in [0.2, 0.25) is 0 Å². The van der Waals surface area contributed by atoms with E-state index in [1.807, 2.05) is 32.0 Å². The molecule has 2 unspecified atom stereocenters. The van der Waals surface area contributed by atoms with Gasteiger partial charge < -0.3 is 14.6 Å². The van der Waals surface area contributed by atoms with Gasteiger partial charge in [0.15, 0.2) is 5.82 Å². The summed E-state index contributed by atoms with van der Waals surface area (Å²) in [4.78, 5) is 15.9. The third-order valence-electron chi connectivity index (χ3n) is 4.26. The molecular weight excluding hydrogens is 306 g/mol. The van der Waals surface area contributed by atoms with E-state index < -0.39 is 5.54 Å². The summed E-state index contributed by atoms with van der Waals surface area (Å²) in [5.74, 6) is 0.937. The molecule has 24 heavy (non-hydrogen) atoms. The maximum Gasteiger partial charge on any atom is 0.232 e. The fourth-order valence-corrected chi connectivity index (χ4v) is 3.14. The maximum absolute atomic E-state index is 11.4. The molecule has 1 amide bonds. The van der Waals surface area contributed by atoms with Crippen molar-refractivity contribution in [3.8, 4) is 0 Å². The van der Waals surface area contributed by atoms with Gasteiger partial charge in [-0.1, -0.05) is 35.5 Å². The summed E-state index contributed by atoms with van der Waals surface area (Å²) in [5, 5.41) is 6.93. The van der Waals surface area contributed by atoms with E-state index in [-0.39, 0.29) is 17.9 Å². The smallest absolute Gasteiger partial charge is 0.232 e. The molecule has 128 valence electrons. The van der Waals surface area contributed by atoms with Gasteiger partial charge in [0.25, 0.3) is 0 Å². The zero-order valence-corrected chi connectivity index (χ0v) is 14.3. The largest absolute Gasteiger partial charge is 0.373 e. The molecule has 1 aliphatic heterocycles. The summed E-state index contributed by atoms with van der Waals surface area (Å²) in [5.41, 5.74) is 0.439. The Morgan fingerprint density at radius 2 is 2.04 bits per heavy atom. The summed E-state index contributed by atoms with van der Waals surface area (Å²) >= 11 is 0. The molecule has 0 bridgehead atoms. The number of nitrogens with zero attached hydrogens (tertiary/aromatic N) is 2. The van der Waals surface area contributed by atoms with E-state index in [1.54, 1.807) is 0 Å². The van der Waals surface area contributed by atoms with E-state index in [0.717, 1.165) is 25.0 Å². The average molecular weight is 329 g/mol. The molecule has 1 saturated heterocycles. The molecule has 6 heteroatoms. The number of nitrogens with one attached hydrogen (secondary N) is 1. The van der Waals surface area contributed by atoms with Gasteiger partial charge >= 0.3 is 0 Å². The zero-order valence-electron chi connectivity index (χ0n) is 14.3. The van der Waals surface area contributed by atoms with Crippen molar-refractivity contribution in [2.45, 2.75) is 51.2 Å². The fraction of sp³-hybridized carbons (Fsp3) is 0.500. The highest BCUT2D eigenvalue weighted by Crippen LogP contribution is 2.40. The van der Waals surface area contributed by atoms with Gasteiger partial charge in [-0.05, 0) is 32.3 Å². The zero-order chi connectivity index (χ0) is 17.2. The van der Waals surface area contributed by atoms with Crippen LogP contribution in [-0.4, -0.2) is 22.7 Å². The van der Waals surface area contributed by atoms with Gasteiger partial charge in [-0.25, -0.2) is 0 Å². The molecule has 2 heterocycles. The SMILES string of the molecule is CC(=O)NC(C)(C)c1noc(C2CCCOC2c2ccccc2)n1. The van der Waals surface area contributed by atoms with Crippen molar-refractivity contribution in [2.75, 3.05) is 6.61 Å². The molecule has 2 atom stereocenters. The lowest BCUT2D eigenvalue weighted by atomic mass is 9.89. The standard InChI is InChI=1S/C18H23N3O3/c1-12(22)20-18(2,3)17-19-16(24-21-17)14-10-7-11-23-15(14)13-8-5-4-6-9-13/h4-6,8-9,14-15H,7,10-11H2,1-3H3,(H,20,22). The minimum Gasteiger partial charge on any atom is -0.373 e. The first-order chi connectivity index (χ1) is 11.5. The minimum absolute atomic E-state index is 0.0236. The van der Waals surface area contributed by atoms with E-state index >= 15 is 0 Å². The van der Waals surface area contributed by atoms with E-state index in [0.29, 0.717) is 11.7 Å². The number of hydrogen-bond acceptors (Lipinski definition) is 5. The molecule has 2 aromatic rings. The second-order valence-corrected chi connectivity index (χ2v) is 6.71. The number of amides is 1. The van der Waals surface area contributed by atoms with Crippen LogP contribution in [0.4, 0.5) is 0 Å². The first kappa shape index (κ1) is 16.6. The Morgan fingerprint density at radius 1 is 1.29 bits per heavy atom. The normalized spacial score (nSPS) is 21.5. The topological polar surface area (TPSA) is 77.2 Å². The van der Waals surface area contributed by atoms with Gasteiger partial charge in [0, 0.05) is 13.5 Å². The Bertz CT molecular complexity index is 697. The van der Waals surface area contributed by atoms with Gasteiger partial charge in [0.1, 0.15) is 0 Å². The molecule has 1 aliphatic rings. The Morgan fingerprint density at radius 3 is 2.75 bits per heavy atom. The molecular formula is C18H23N3O3. The lowest BCUT2D eigenvalue weighted by molar-refractivity contribution is -0.120. The Balaban J connectivity index is 1.86. The van der Waals surface area contributed by atoms with Crippen LogP contribution in [0.15, 0.2) is 34.9 Å². The highest BCUT2D eigenvalue weighted by atomic mass is 16.5. The molecule has 1 aromatic heterocycles. The predicted octanol–water partition coefficient (Wildman–Crippen LogP) is 3.08. The molecule has 0 aliphatic carbocycles. The number of carbonyl (C=O) groups excluding carboxylic acids is 1. The van der Waals surface area contributed by atoms with E-state index in [9.17, 15) is 4.79 Å². The van der Waals surface area contributed by atoms with Crippen LogP contribution in [0.5, 0.6) is 0 Å². The second-order valence-electron chi connectivity index (χ2n) is 6.71. The number of carbonyl (C=O) groups is 1.